The molecule has 2 aromatic rings. The van der Waals surface area contributed by atoms with Crippen LogP contribution in [0.1, 0.15) is 23.2 Å². The van der Waals surface area contributed by atoms with Gasteiger partial charge in [-0.2, -0.15) is 0 Å². The number of hydrogen-bond donors (Lipinski definition) is 1. The summed E-state index contributed by atoms with van der Waals surface area (Å²) in [6.07, 6.45) is 0.903. The predicted molar refractivity (Wildman–Crippen MR) is 92.4 cm³/mol. The first kappa shape index (κ1) is 17.3. The first-order valence-electron chi connectivity index (χ1n) is 7.90. The van der Waals surface area contributed by atoms with Crippen molar-refractivity contribution >= 4 is 32.8 Å². The normalized spacial score (nSPS) is 15.9. The number of aliphatic hydroxyl groups excluding tert-OH is 1. The summed E-state index contributed by atoms with van der Waals surface area (Å²) in [4.78, 5) is 14.5. The van der Waals surface area contributed by atoms with Gasteiger partial charge in [0.1, 0.15) is 17.9 Å². The fourth-order valence-electron chi connectivity index (χ4n) is 2.81. The van der Waals surface area contributed by atoms with Crippen LogP contribution in [-0.2, 0) is 4.74 Å². The van der Waals surface area contributed by atoms with E-state index in [0.29, 0.717) is 60.7 Å². The minimum Gasteiger partial charge on any atom is -0.490 e. The monoisotopic (exact) mass is 397 g/mol. The van der Waals surface area contributed by atoms with E-state index >= 15 is 0 Å². The molecule has 7 heteroatoms. The van der Waals surface area contributed by atoms with Gasteiger partial charge in [0, 0.05) is 31.8 Å². The third kappa shape index (κ3) is 3.74. The minimum absolute atomic E-state index is 0.0760. The van der Waals surface area contributed by atoms with Crippen LogP contribution in [0.5, 0.6) is 5.75 Å². The van der Waals surface area contributed by atoms with E-state index in [4.69, 9.17) is 13.9 Å². The van der Waals surface area contributed by atoms with Crippen molar-refractivity contribution in [2.45, 2.75) is 18.9 Å². The maximum absolute atomic E-state index is 12.7. The summed E-state index contributed by atoms with van der Waals surface area (Å²) >= 11 is 3.32. The van der Waals surface area contributed by atoms with Crippen LogP contribution >= 0.6 is 15.9 Å². The second kappa shape index (κ2) is 7.55. The van der Waals surface area contributed by atoms with E-state index in [2.05, 4.69) is 15.9 Å². The molecule has 0 unspecified atom stereocenters. The highest BCUT2D eigenvalue weighted by molar-refractivity contribution is 9.10. The van der Waals surface area contributed by atoms with Gasteiger partial charge in [-0.15, -0.1) is 0 Å². The quantitative estimate of drug-likeness (QED) is 0.785. The molecule has 1 N–H and O–H groups in total. The van der Waals surface area contributed by atoms with E-state index in [9.17, 15) is 9.90 Å². The van der Waals surface area contributed by atoms with Crippen molar-refractivity contribution in [1.29, 1.82) is 0 Å². The van der Waals surface area contributed by atoms with Gasteiger partial charge in [0.05, 0.1) is 18.1 Å². The fourth-order valence-corrected chi connectivity index (χ4v) is 3.21. The van der Waals surface area contributed by atoms with Crippen LogP contribution in [0.4, 0.5) is 0 Å². The standard InChI is InChI=1S/C17H20BrNO5/c1-22-6-7-23-14-8-11(9-15-13(14)10-16(18)24-15)17(21)19-4-2-12(20)3-5-19/h8-10,12,20H,2-7H2,1H3. The number of aliphatic hydroxyl groups is 1. The maximum Gasteiger partial charge on any atom is 0.254 e. The third-order valence-electron chi connectivity index (χ3n) is 4.11. The van der Waals surface area contributed by atoms with E-state index in [1.807, 2.05) is 6.07 Å². The van der Waals surface area contributed by atoms with Gasteiger partial charge in [-0.25, -0.2) is 0 Å². The number of methoxy groups -OCH3 is 1. The number of halogens is 1. The molecule has 130 valence electrons. The highest BCUT2D eigenvalue weighted by Crippen LogP contribution is 2.33. The Hall–Kier alpha value is -1.57. The van der Waals surface area contributed by atoms with Crippen LogP contribution in [0.2, 0.25) is 0 Å². The lowest BCUT2D eigenvalue weighted by atomic mass is 10.1. The molecular formula is C17H20BrNO5. The van der Waals surface area contributed by atoms with Crippen LogP contribution in [0, 0.1) is 0 Å². The number of rotatable bonds is 5. The van der Waals surface area contributed by atoms with Gasteiger partial charge < -0.3 is 23.9 Å². The SMILES string of the molecule is COCCOc1cc(C(=O)N2CCC(O)CC2)cc2oc(Br)cc12. The van der Waals surface area contributed by atoms with Gasteiger partial charge in [0.15, 0.2) is 4.67 Å². The maximum atomic E-state index is 12.7. The van der Waals surface area contributed by atoms with Crippen molar-refractivity contribution in [2.24, 2.45) is 0 Å². The molecule has 0 saturated carbocycles. The van der Waals surface area contributed by atoms with E-state index in [-0.39, 0.29) is 12.0 Å². The molecule has 0 radical (unpaired) electrons. The molecule has 3 rings (SSSR count). The number of furan rings is 1. The number of carbonyl (C=O) groups is 1. The summed E-state index contributed by atoms with van der Waals surface area (Å²) in [6.45, 7) is 1.96. The number of benzene rings is 1. The molecule has 0 bridgehead atoms. The number of likely N-dealkylation sites (tertiary alicyclic amines) is 1. The molecular weight excluding hydrogens is 378 g/mol. The van der Waals surface area contributed by atoms with Crippen molar-refractivity contribution in [3.05, 3.63) is 28.4 Å². The lowest BCUT2D eigenvalue weighted by Gasteiger charge is -2.29. The summed E-state index contributed by atoms with van der Waals surface area (Å²) in [7, 11) is 1.61. The second-order valence-corrected chi connectivity index (χ2v) is 6.58. The molecule has 1 fully saturated rings. The molecule has 1 amide bonds. The third-order valence-corrected chi connectivity index (χ3v) is 4.50. The van der Waals surface area contributed by atoms with Gasteiger partial charge in [-0.3, -0.25) is 4.79 Å². The molecule has 0 atom stereocenters. The number of ether oxygens (including phenoxy) is 2. The highest BCUT2D eigenvalue weighted by Gasteiger charge is 2.24. The van der Waals surface area contributed by atoms with Crippen LogP contribution in [-0.4, -0.2) is 55.4 Å². The van der Waals surface area contributed by atoms with Crippen molar-refractivity contribution in [2.75, 3.05) is 33.4 Å². The summed E-state index contributed by atoms with van der Waals surface area (Å²) < 4.78 is 16.9. The molecule has 0 aliphatic carbocycles. The molecule has 2 heterocycles. The zero-order valence-corrected chi connectivity index (χ0v) is 15.0. The number of amides is 1. The van der Waals surface area contributed by atoms with Crippen molar-refractivity contribution < 1.29 is 23.8 Å². The van der Waals surface area contributed by atoms with Crippen LogP contribution < -0.4 is 4.74 Å². The van der Waals surface area contributed by atoms with Gasteiger partial charge in [0.2, 0.25) is 0 Å². The van der Waals surface area contributed by atoms with Crippen molar-refractivity contribution in [1.82, 2.24) is 4.90 Å². The lowest BCUT2D eigenvalue weighted by Crippen LogP contribution is -2.40. The molecule has 24 heavy (non-hydrogen) atoms. The Morgan fingerprint density at radius 2 is 2.08 bits per heavy atom. The largest absolute Gasteiger partial charge is 0.490 e. The van der Waals surface area contributed by atoms with Crippen LogP contribution in [0.3, 0.4) is 0 Å². The Bertz CT molecular complexity index is 721. The highest BCUT2D eigenvalue weighted by atomic mass is 79.9. The number of fused-ring (bicyclic) bond motifs is 1. The molecule has 1 aliphatic rings. The Morgan fingerprint density at radius 3 is 2.79 bits per heavy atom. The summed E-state index contributed by atoms with van der Waals surface area (Å²) in [5.41, 5.74) is 1.12. The number of carbonyl (C=O) groups excluding carboxylic acids is 1. The average molecular weight is 398 g/mol. The topological polar surface area (TPSA) is 72.1 Å². The first-order chi connectivity index (χ1) is 11.6. The minimum atomic E-state index is -0.314. The molecule has 1 aromatic heterocycles. The van der Waals surface area contributed by atoms with E-state index in [1.54, 1.807) is 24.1 Å². The number of hydrogen-bond acceptors (Lipinski definition) is 5. The summed E-state index contributed by atoms with van der Waals surface area (Å²) in [5.74, 6) is 0.521. The van der Waals surface area contributed by atoms with Crippen molar-refractivity contribution in [3.63, 3.8) is 0 Å². The van der Waals surface area contributed by atoms with Crippen LogP contribution in [0.25, 0.3) is 11.0 Å². The van der Waals surface area contributed by atoms with E-state index in [0.717, 1.165) is 5.39 Å². The van der Waals surface area contributed by atoms with E-state index < -0.39 is 0 Å². The molecule has 0 spiro atoms. The van der Waals surface area contributed by atoms with Gasteiger partial charge in [0.25, 0.3) is 5.91 Å². The lowest BCUT2D eigenvalue weighted by molar-refractivity contribution is 0.0546. The fraction of sp³-hybridized carbons (Fsp3) is 0.471. The molecule has 6 nitrogen and oxygen atoms in total. The zero-order chi connectivity index (χ0) is 17.1. The van der Waals surface area contributed by atoms with Crippen LogP contribution in [0.15, 0.2) is 27.3 Å². The smallest absolute Gasteiger partial charge is 0.254 e. The molecule has 1 saturated heterocycles. The Morgan fingerprint density at radius 1 is 1.33 bits per heavy atom. The number of nitrogens with zero attached hydrogens (tertiary/aromatic N) is 1. The number of piperidine rings is 1. The Labute approximate surface area is 148 Å². The average Bonchev–Trinajstić information content (AvgIpc) is 2.95. The predicted octanol–water partition coefficient (Wildman–Crippen LogP) is 2.82. The second-order valence-electron chi connectivity index (χ2n) is 5.80. The van der Waals surface area contributed by atoms with Gasteiger partial charge in [-0.1, -0.05) is 0 Å². The first-order valence-corrected chi connectivity index (χ1v) is 8.70. The Balaban J connectivity index is 1.88. The van der Waals surface area contributed by atoms with Gasteiger partial charge >= 0.3 is 0 Å². The molecule has 1 aromatic carbocycles. The van der Waals surface area contributed by atoms with E-state index in [1.165, 1.54) is 0 Å². The zero-order valence-electron chi connectivity index (χ0n) is 13.5. The Kier molecular flexibility index (Phi) is 5.43. The molecule has 1 aliphatic heterocycles. The summed E-state index contributed by atoms with van der Waals surface area (Å²) in [6, 6.07) is 5.30. The van der Waals surface area contributed by atoms with Crippen molar-refractivity contribution in [3.8, 4) is 5.75 Å². The summed E-state index contributed by atoms with van der Waals surface area (Å²) in [5, 5.41) is 10.4. The van der Waals surface area contributed by atoms with Gasteiger partial charge in [-0.05, 0) is 40.9 Å².